The van der Waals surface area contributed by atoms with Gasteiger partial charge in [-0.3, -0.25) is 14.7 Å². The summed E-state index contributed by atoms with van der Waals surface area (Å²) in [6.45, 7) is 6.75. The molecular formula is C24H27F2N7O. The van der Waals surface area contributed by atoms with Gasteiger partial charge in [0.15, 0.2) is 0 Å². The fraction of sp³-hybridized carbons (Fsp3) is 0.375. The Kier molecular flexibility index (Phi) is 6.78. The third kappa shape index (κ3) is 5.88. The van der Waals surface area contributed by atoms with E-state index < -0.39 is 11.7 Å². The van der Waals surface area contributed by atoms with Crippen LogP contribution in [0, 0.1) is 6.92 Å². The maximum Gasteiger partial charge on any atom is 0.303 e. The lowest BCUT2D eigenvalue weighted by Crippen LogP contribution is -2.18. The first-order valence-corrected chi connectivity index (χ1v) is 11.1. The highest BCUT2D eigenvalue weighted by Gasteiger charge is 2.29. The average molecular weight is 468 g/mol. The van der Waals surface area contributed by atoms with Gasteiger partial charge >= 0.3 is 5.92 Å². The van der Waals surface area contributed by atoms with E-state index in [4.69, 9.17) is 0 Å². The van der Waals surface area contributed by atoms with Crippen LogP contribution in [0.4, 0.5) is 26.1 Å². The van der Waals surface area contributed by atoms with Gasteiger partial charge < -0.3 is 10.6 Å². The fourth-order valence-electron chi connectivity index (χ4n) is 3.90. The third-order valence-corrected chi connectivity index (χ3v) is 5.42. The lowest BCUT2D eigenvalue weighted by molar-refractivity contribution is -0.114. The van der Waals surface area contributed by atoms with Gasteiger partial charge in [-0.05, 0) is 50.6 Å². The zero-order chi connectivity index (χ0) is 24.3. The van der Waals surface area contributed by atoms with E-state index in [2.05, 4.69) is 35.5 Å². The summed E-state index contributed by atoms with van der Waals surface area (Å²) < 4.78 is 27.8. The van der Waals surface area contributed by atoms with Gasteiger partial charge in [-0.1, -0.05) is 0 Å². The second-order valence-corrected chi connectivity index (χ2v) is 8.56. The molecule has 4 heterocycles. The number of nitrogens with one attached hydrogen (secondary N) is 2. The molecule has 0 aromatic carbocycles. The number of aromatic nitrogens is 4. The molecule has 178 valence electrons. The van der Waals surface area contributed by atoms with Gasteiger partial charge in [0.2, 0.25) is 11.7 Å². The van der Waals surface area contributed by atoms with Crippen LogP contribution >= 0.6 is 0 Å². The summed E-state index contributed by atoms with van der Waals surface area (Å²) in [6.07, 6.45) is 5.76. The fourth-order valence-corrected chi connectivity index (χ4v) is 3.90. The quantitative estimate of drug-likeness (QED) is 0.522. The Bertz CT molecular complexity index is 1190. The molecule has 0 unspecified atom stereocenters. The van der Waals surface area contributed by atoms with Crippen LogP contribution in [0.2, 0.25) is 0 Å². The highest BCUT2D eigenvalue weighted by Crippen LogP contribution is 2.32. The number of pyridine rings is 2. The van der Waals surface area contributed by atoms with Crippen molar-refractivity contribution in [2.45, 2.75) is 46.1 Å². The van der Waals surface area contributed by atoms with Crippen LogP contribution < -0.4 is 10.6 Å². The number of amides is 1. The molecule has 0 atom stereocenters. The second kappa shape index (κ2) is 9.76. The van der Waals surface area contributed by atoms with Crippen LogP contribution in [-0.4, -0.2) is 43.8 Å². The minimum Gasteiger partial charge on any atom is -0.339 e. The molecule has 1 aliphatic heterocycles. The molecule has 4 rings (SSSR count). The molecule has 8 nitrogen and oxygen atoms in total. The number of halogens is 2. The zero-order valence-electron chi connectivity index (χ0n) is 19.4. The lowest BCUT2D eigenvalue weighted by atomic mass is 10.1. The van der Waals surface area contributed by atoms with E-state index in [1.165, 1.54) is 19.8 Å². The Hall–Kier alpha value is -3.53. The van der Waals surface area contributed by atoms with Gasteiger partial charge in [0.1, 0.15) is 11.6 Å². The molecule has 0 saturated carbocycles. The number of hydrogen-bond donors (Lipinski definition) is 2. The number of carbonyl (C=O) groups excluding carboxylic acids is 1. The number of nitrogens with zero attached hydrogens (tertiary/aromatic N) is 5. The first kappa shape index (κ1) is 23.6. The van der Waals surface area contributed by atoms with Crippen LogP contribution in [0.15, 0.2) is 36.7 Å². The topological polar surface area (TPSA) is 95.9 Å². The maximum absolute atomic E-state index is 13.9. The molecule has 1 fully saturated rings. The van der Waals surface area contributed by atoms with Crippen molar-refractivity contribution in [3.05, 3.63) is 53.7 Å². The summed E-state index contributed by atoms with van der Waals surface area (Å²) in [7, 11) is 0. The minimum absolute atomic E-state index is 0.207. The molecule has 0 bridgehead atoms. The Morgan fingerprint density at radius 3 is 2.59 bits per heavy atom. The molecule has 3 aromatic heterocycles. The number of rotatable bonds is 7. The molecule has 3 aromatic rings. The van der Waals surface area contributed by atoms with Crippen molar-refractivity contribution >= 4 is 23.2 Å². The molecule has 34 heavy (non-hydrogen) atoms. The van der Waals surface area contributed by atoms with E-state index in [-0.39, 0.29) is 11.7 Å². The molecule has 1 amide bonds. The van der Waals surface area contributed by atoms with E-state index >= 15 is 0 Å². The summed E-state index contributed by atoms with van der Waals surface area (Å²) in [6, 6.07) is 7.19. The molecule has 0 radical (unpaired) electrons. The van der Waals surface area contributed by atoms with E-state index in [0.717, 1.165) is 32.1 Å². The monoisotopic (exact) mass is 467 g/mol. The Balaban J connectivity index is 1.72. The molecule has 1 aliphatic rings. The lowest BCUT2D eigenvalue weighted by Gasteiger charge is -2.17. The molecule has 10 heteroatoms. The van der Waals surface area contributed by atoms with Crippen molar-refractivity contribution in [3.63, 3.8) is 0 Å². The summed E-state index contributed by atoms with van der Waals surface area (Å²) in [5, 5.41) is 5.75. The summed E-state index contributed by atoms with van der Waals surface area (Å²) >= 11 is 0. The Morgan fingerprint density at radius 1 is 1.12 bits per heavy atom. The second-order valence-electron chi connectivity index (χ2n) is 8.56. The zero-order valence-corrected chi connectivity index (χ0v) is 19.4. The summed E-state index contributed by atoms with van der Waals surface area (Å²) in [5.74, 6) is -3.51. The van der Waals surface area contributed by atoms with Gasteiger partial charge in [0.05, 0.1) is 11.4 Å². The van der Waals surface area contributed by atoms with Crippen LogP contribution in [0.1, 0.15) is 43.8 Å². The van der Waals surface area contributed by atoms with Crippen molar-refractivity contribution in [2.75, 3.05) is 23.7 Å². The number of aryl methyl sites for hydroxylation is 1. The van der Waals surface area contributed by atoms with Crippen molar-refractivity contribution in [1.29, 1.82) is 0 Å². The largest absolute Gasteiger partial charge is 0.339 e. The number of likely N-dealkylation sites (tertiary alicyclic amines) is 1. The number of carbonyl (C=O) groups is 1. The minimum atomic E-state index is -3.18. The normalized spacial score (nSPS) is 14.3. The first-order valence-electron chi connectivity index (χ1n) is 11.1. The van der Waals surface area contributed by atoms with Crippen LogP contribution in [0.3, 0.4) is 0 Å². The highest BCUT2D eigenvalue weighted by atomic mass is 19.3. The average Bonchev–Trinajstić information content (AvgIpc) is 3.26. The molecule has 0 aliphatic carbocycles. The smallest absolute Gasteiger partial charge is 0.303 e. The third-order valence-electron chi connectivity index (χ3n) is 5.42. The van der Waals surface area contributed by atoms with Crippen molar-refractivity contribution in [1.82, 2.24) is 24.8 Å². The van der Waals surface area contributed by atoms with Crippen molar-refractivity contribution in [2.24, 2.45) is 0 Å². The molecular weight excluding hydrogens is 440 g/mol. The van der Waals surface area contributed by atoms with Gasteiger partial charge in [-0.15, -0.1) is 0 Å². The maximum atomic E-state index is 13.9. The standard InChI is InChI=1S/C24H27F2N7O/c1-15-10-22(32-23(29-15)24(3,25)26)31-20-12-21(30-16(2)34)28-13-18(20)19-11-17(6-7-27-19)14-33-8-4-5-9-33/h6-7,10-13H,4-5,8-9,14H2,1-3H3,(H2,28,29,30,31,32,34). The number of alkyl halides is 2. The van der Waals surface area contributed by atoms with Crippen LogP contribution in [0.25, 0.3) is 11.3 Å². The summed E-state index contributed by atoms with van der Waals surface area (Å²) in [4.78, 5) is 30.7. The summed E-state index contributed by atoms with van der Waals surface area (Å²) in [5.41, 5.74) is 3.37. The Labute approximate surface area is 196 Å². The predicted octanol–water partition coefficient (Wildman–Crippen LogP) is 4.65. The molecule has 1 saturated heterocycles. The van der Waals surface area contributed by atoms with E-state index in [1.54, 1.807) is 31.5 Å². The number of anilines is 3. The SMILES string of the molecule is CC(=O)Nc1cc(Nc2cc(C)nc(C(C)(F)F)n2)c(-c2cc(CN3CCCC3)ccn2)cn1. The predicted molar refractivity (Wildman–Crippen MR) is 126 cm³/mol. The van der Waals surface area contributed by atoms with E-state index in [9.17, 15) is 13.6 Å². The van der Waals surface area contributed by atoms with E-state index in [1.807, 2.05) is 12.1 Å². The van der Waals surface area contributed by atoms with E-state index in [0.29, 0.717) is 28.5 Å². The van der Waals surface area contributed by atoms with Gasteiger partial charge in [0.25, 0.3) is 0 Å². The van der Waals surface area contributed by atoms with Crippen molar-refractivity contribution < 1.29 is 13.6 Å². The molecule has 0 spiro atoms. The van der Waals surface area contributed by atoms with Crippen molar-refractivity contribution in [3.8, 4) is 11.3 Å². The van der Waals surface area contributed by atoms with Gasteiger partial charge in [-0.2, -0.15) is 8.78 Å². The van der Waals surface area contributed by atoms with Gasteiger partial charge in [-0.25, -0.2) is 15.0 Å². The van der Waals surface area contributed by atoms with Gasteiger partial charge in [0, 0.05) is 56.2 Å². The Morgan fingerprint density at radius 2 is 1.88 bits per heavy atom. The molecule has 2 N–H and O–H groups in total. The first-order chi connectivity index (χ1) is 16.2. The number of hydrogen-bond acceptors (Lipinski definition) is 7. The van der Waals surface area contributed by atoms with Crippen LogP contribution in [-0.2, 0) is 17.3 Å². The van der Waals surface area contributed by atoms with Crippen LogP contribution in [0.5, 0.6) is 0 Å². The highest BCUT2D eigenvalue weighted by molar-refractivity contribution is 5.89.